The second-order valence-corrected chi connectivity index (χ2v) is 6.52. The van der Waals surface area contributed by atoms with Crippen LogP contribution in [0.2, 0.25) is 0 Å². The maximum Gasteiger partial charge on any atom is 0.408 e. The van der Waals surface area contributed by atoms with Crippen molar-refractivity contribution in [1.29, 1.82) is 0 Å². The molecule has 0 spiro atoms. The van der Waals surface area contributed by atoms with Crippen molar-refractivity contribution in [2.45, 2.75) is 52.0 Å². The quantitative estimate of drug-likeness (QED) is 0.511. The lowest BCUT2D eigenvalue weighted by molar-refractivity contribution is -0.130. The summed E-state index contributed by atoms with van der Waals surface area (Å²) in [6, 6.07) is 6.87. The summed E-state index contributed by atoms with van der Waals surface area (Å²) in [5.74, 6) is -1.26. The fourth-order valence-corrected chi connectivity index (χ4v) is 2.28. The average molecular weight is 365 g/mol. The first-order valence-corrected chi connectivity index (χ1v) is 8.45. The van der Waals surface area contributed by atoms with E-state index in [4.69, 9.17) is 10.5 Å². The van der Waals surface area contributed by atoms with Crippen LogP contribution in [0.25, 0.3) is 0 Å². The van der Waals surface area contributed by atoms with Crippen LogP contribution in [-0.4, -0.2) is 41.2 Å². The maximum atomic E-state index is 12.3. The van der Waals surface area contributed by atoms with Crippen molar-refractivity contribution in [2.75, 3.05) is 0 Å². The predicted molar refractivity (Wildman–Crippen MR) is 95.8 cm³/mol. The zero-order valence-corrected chi connectivity index (χ0v) is 15.3. The third-order valence-electron chi connectivity index (χ3n) is 3.62. The van der Waals surface area contributed by atoms with E-state index < -0.39 is 36.1 Å². The van der Waals surface area contributed by atoms with Gasteiger partial charge in [-0.15, -0.1) is 0 Å². The molecule has 0 heterocycles. The minimum atomic E-state index is -1.27. The number of amides is 3. The van der Waals surface area contributed by atoms with Gasteiger partial charge < -0.3 is 26.2 Å². The highest BCUT2D eigenvalue weighted by atomic mass is 16.5. The molecule has 0 saturated carbocycles. The number of nitrogens with one attached hydrogen (secondary N) is 2. The zero-order valence-electron chi connectivity index (χ0n) is 15.3. The number of nitrogens with two attached hydrogens (primary N) is 1. The van der Waals surface area contributed by atoms with Crippen LogP contribution in [0.5, 0.6) is 0 Å². The van der Waals surface area contributed by atoms with E-state index >= 15 is 0 Å². The van der Waals surface area contributed by atoms with E-state index in [1.807, 2.05) is 19.9 Å². The van der Waals surface area contributed by atoms with Crippen molar-refractivity contribution in [3.05, 3.63) is 35.9 Å². The number of ether oxygens (including phenoxy) is 1. The van der Waals surface area contributed by atoms with E-state index in [2.05, 4.69) is 10.6 Å². The Labute approximate surface area is 153 Å². The van der Waals surface area contributed by atoms with E-state index in [0.717, 1.165) is 5.56 Å². The number of aliphatic hydroxyl groups is 1. The number of aliphatic hydroxyl groups excluding tert-OH is 1. The molecule has 3 atom stereocenters. The Morgan fingerprint density at radius 1 is 1.12 bits per heavy atom. The van der Waals surface area contributed by atoms with Gasteiger partial charge in [0.05, 0.1) is 6.10 Å². The van der Waals surface area contributed by atoms with Crippen LogP contribution in [0.4, 0.5) is 4.79 Å². The fraction of sp³-hybridized carbons (Fsp3) is 0.500. The van der Waals surface area contributed by atoms with Gasteiger partial charge in [0.25, 0.3) is 0 Å². The van der Waals surface area contributed by atoms with Crippen molar-refractivity contribution in [3.63, 3.8) is 0 Å². The Bertz CT molecular complexity index is 604. The Morgan fingerprint density at radius 3 is 2.23 bits per heavy atom. The standard InChI is InChI=1S/C18H27N3O5/c1-11(2)9-14(16(19)23)20-17(24)15(12(3)22)21-18(25)26-10-13-7-5-4-6-8-13/h4-8,11-12,14-15,22H,9-10H2,1-3H3,(H2,19,23)(H,20,24)(H,21,25)/t12-,14+,15+/m1/s1. The molecule has 8 heteroatoms. The number of carbonyl (C=O) groups excluding carboxylic acids is 3. The maximum absolute atomic E-state index is 12.3. The van der Waals surface area contributed by atoms with Crippen LogP contribution in [0.15, 0.2) is 30.3 Å². The van der Waals surface area contributed by atoms with E-state index in [1.165, 1.54) is 6.92 Å². The topological polar surface area (TPSA) is 131 Å². The summed E-state index contributed by atoms with van der Waals surface area (Å²) >= 11 is 0. The third-order valence-corrected chi connectivity index (χ3v) is 3.62. The number of benzene rings is 1. The highest BCUT2D eigenvalue weighted by Crippen LogP contribution is 2.06. The summed E-state index contributed by atoms with van der Waals surface area (Å²) < 4.78 is 5.04. The number of alkyl carbamates (subject to hydrolysis) is 1. The van der Waals surface area contributed by atoms with Crippen LogP contribution in [-0.2, 0) is 20.9 Å². The third kappa shape index (κ3) is 7.52. The van der Waals surface area contributed by atoms with Crippen molar-refractivity contribution in [3.8, 4) is 0 Å². The first-order chi connectivity index (χ1) is 12.2. The van der Waals surface area contributed by atoms with Crippen molar-refractivity contribution in [1.82, 2.24) is 10.6 Å². The summed E-state index contributed by atoms with van der Waals surface area (Å²) in [6.07, 6.45) is -1.69. The van der Waals surface area contributed by atoms with E-state index in [0.29, 0.717) is 6.42 Å². The smallest absolute Gasteiger partial charge is 0.408 e. The van der Waals surface area contributed by atoms with Gasteiger partial charge in [-0.1, -0.05) is 44.2 Å². The molecule has 1 aromatic rings. The second kappa shape index (κ2) is 10.4. The molecule has 0 radical (unpaired) electrons. The molecular formula is C18H27N3O5. The lowest BCUT2D eigenvalue weighted by atomic mass is 10.0. The lowest BCUT2D eigenvalue weighted by Crippen LogP contribution is -2.56. The highest BCUT2D eigenvalue weighted by molar-refractivity contribution is 5.91. The molecule has 0 aliphatic heterocycles. The van der Waals surface area contributed by atoms with Crippen LogP contribution in [0.3, 0.4) is 0 Å². The molecule has 0 aliphatic rings. The number of carbonyl (C=O) groups is 3. The Kier molecular flexibility index (Phi) is 8.57. The summed E-state index contributed by atoms with van der Waals surface area (Å²) in [5.41, 5.74) is 6.08. The van der Waals surface area contributed by atoms with Crippen LogP contribution >= 0.6 is 0 Å². The van der Waals surface area contributed by atoms with E-state index in [1.54, 1.807) is 24.3 Å². The molecular weight excluding hydrogens is 338 g/mol. The number of rotatable bonds is 9. The summed E-state index contributed by atoms with van der Waals surface area (Å²) in [7, 11) is 0. The van der Waals surface area contributed by atoms with Crippen molar-refractivity contribution < 1.29 is 24.2 Å². The van der Waals surface area contributed by atoms with Crippen LogP contribution in [0, 0.1) is 5.92 Å². The molecule has 0 aromatic heterocycles. The molecule has 3 amide bonds. The largest absolute Gasteiger partial charge is 0.445 e. The van der Waals surface area contributed by atoms with E-state index in [9.17, 15) is 19.5 Å². The molecule has 0 saturated heterocycles. The first kappa shape index (κ1) is 21.4. The van der Waals surface area contributed by atoms with Crippen molar-refractivity contribution in [2.24, 2.45) is 11.7 Å². The SMILES string of the molecule is CC(C)C[C@H](NC(=O)[C@@H](NC(=O)OCc1ccccc1)[C@@H](C)O)C(N)=O. The first-order valence-electron chi connectivity index (χ1n) is 8.45. The summed E-state index contributed by atoms with van der Waals surface area (Å²) in [6.45, 7) is 5.14. The van der Waals surface area contributed by atoms with Gasteiger partial charge in [-0.3, -0.25) is 9.59 Å². The highest BCUT2D eigenvalue weighted by Gasteiger charge is 2.29. The molecule has 5 N–H and O–H groups in total. The lowest BCUT2D eigenvalue weighted by Gasteiger charge is -2.24. The number of hydrogen-bond acceptors (Lipinski definition) is 5. The molecule has 1 aromatic carbocycles. The average Bonchev–Trinajstić information content (AvgIpc) is 2.57. The second-order valence-electron chi connectivity index (χ2n) is 6.52. The van der Waals surface area contributed by atoms with Crippen LogP contribution < -0.4 is 16.4 Å². The molecule has 0 unspecified atom stereocenters. The predicted octanol–water partition coefficient (Wildman–Crippen LogP) is 0.678. The Morgan fingerprint density at radius 2 is 1.73 bits per heavy atom. The molecule has 0 fully saturated rings. The zero-order chi connectivity index (χ0) is 19.7. The van der Waals surface area contributed by atoms with Gasteiger partial charge >= 0.3 is 6.09 Å². The van der Waals surface area contributed by atoms with Gasteiger partial charge in [0, 0.05) is 0 Å². The van der Waals surface area contributed by atoms with Gasteiger partial charge in [-0.05, 0) is 24.8 Å². The number of primary amides is 1. The molecule has 0 aliphatic carbocycles. The monoisotopic (exact) mass is 365 g/mol. The fourth-order valence-electron chi connectivity index (χ4n) is 2.28. The molecule has 0 bridgehead atoms. The molecule has 1 rings (SSSR count). The molecule has 26 heavy (non-hydrogen) atoms. The normalized spacial score (nSPS) is 14.2. The number of hydrogen-bond donors (Lipinski definition) is 4. The minimum Gasteiger partial charge on any atom is -0.445 e. The van der Waals surface area contributed by atoms with Crippen molar-refractivity contribution >= 4 is 17.9 Å². The molecule has 144 valence electrons. The van der Waals surface area contributed by atoms with Gasteiger partial charge in [0.1, 0.15) is 18.7 Å². The van der Waals surface area contributed by atoms with E-state index in [-0.39, 0.29) is 12.5 Å². The minimum absolute atomic E-state index is 0.0259. The summed E-state index contributed by atoms with van der Waals surface area (Å²) in [4.78, 5) is 35.7. The van der Waals surface area contributed by atoms with Gasteiger partial charge in [0.15, 0.2) is 0 Å². The molecule has 8 nitrogen and oxygen atoms in total. The van der Waals surface area contributed by atoms with Gasteiger partial charge in [-0.25, -0.2) is 4.79 Å². The summed E-state index contributed by atoms with van der Waals surface area (Å²) in [5, 5.41) is 14.6. The van der Waals surface area contributed by atoms with Gasteiger partial charge in [0.2, 0.25) is 11.8 Å². The van der Waals surface area contributed by atoms with Gasteiger partial charge in [-0.2, -0.15) is 0 Å². The van der Waals surface area contributed by atoms with Crippen LogP contribution in [0.1, 0.15) is 32.8 Å². The Hall–Kier alpha value is -2.61. The Balaban J connectivity index is 2.64.